The normalized spacial score (nSPS) is 19.8. The quantitative estimate of drug-likeness (QED) is 0.793. The number of piperidine rings is 1. The van der Waals surface area contributed by atoms with Gasteiger partial charge >= 0.3 is 5.97 Å². The number of nitrogens with zero attached hydrogens (tertiary/aromatic N) is 1. The lowest BCUT2D eigenvalue weighted by molar-refractivity contribution is -0.122. The van der Waals surface area contributed by atoms with Gasteiger partial charge in [-0.15, -0.1) is 0 Å². The summed E-state index contributed by atoms with van der Waals surface area (Å²) < 4.78 is 4.64. The van der Waals surface area contributed by atoms with E-state index in [1.54, 1.807) is 29.2 Å². The second kappa shape index (κ2) is 5.18. The molecule has 5 nitrogen and oxygen atoms in total. The number of carbonyl (C=O) groups is 2. The predicted octanol–water partition coefficient (Wildman–Crippen LogP) is 0.961. The van der Waals surface area contributed by atoms with Crippen LogP contribution in [0.4, 0.5) is 5.69 Å². The lowest BCUT2D eigenvalue weighted by Crippen LogP contribution is -2.40. The molecule has 2 rings (SSSR count). The number of methoxy groups -OCH3 is 1. The summed E-state index contributed by atoms with van der Waals surface area (Å²) in [5.41, 5.74) is 1.07. The van der Waals surface area contributed by atoms with Crippen molar-refractivity contribution >= 4 is 17.6 Å². The standard InChI is InChI=1S/C13H15NO4/c1-18-13(17)9-3-2-4-10(7-9)14-6-5-11(15)8-12(14)16/h2-4,7,11,15H,5-6,8H2,1H3. The Morgan fingerprint density at radius 3 is 2.94 bits per heavy atom. The second-order valence-corrected chi connectivity index (χ2v) is 4.23. The van der Waals surface area contributed by atoms with Gasteiger partial charge in [0.25, 0.3) is 0 Å². The van der Waals surface area contributed by atoms with E-state index in [9.17, 15) is 14.7 Å². The van der Waals surface area contributed by atoms with Crippen LogP contribution in [0.15, 0.2) is 24.3 Å². The van der Waals surface area contributed by atoms with Crippen molar-refractivity contribution in [3.8, 4) is 0 Å². The van der Waals surface area contributed by atoms with Crippen LogP contribution in [0.25, 0.3) is 0 Å². The van der Waals surface area contributed by atoms with Crippen LogP contribution in [0, 0.1) is 0 Å². The third-order valence-electron chi connectivity index (χ3n) is 2.98. The largest absolute Gasteiger partial charge is 0.465 e. The number of amides is 1. The number of ether oxygens (including phenoxy) is 1. The van der Waals surface area contributed by atoms with Gasteiger partial charge in [-0.25, -0.2) is 4.79 Å². The predicted molar refractivity (Wildman–Crippen MR) is 65.4 cm³/mol. The van der Waals surface area contributed by atoms with Gasteiger partial charge in [0.2, 0.25) is 5.91 Å². The van der Waals surface area contributed by atoms with Gasteiger partial charge in [-0.3, -0.25) is 4.79 Å². The lowest BCUT2D eigenvalue weighted by atomic mass is 10.1. The van der Waals surface area contributed by atoms with Crippen LogP contribution in [0.2, 0.25) is 0 Å². The number of aliphatic hydroxyl groups is 1. The topological polar surface area (TPSA) is 66.8 Å². The van der Waals surface area contributed by atoms with E-state index in [1.807, 2.05) is 0 Å². The van der Waals surface area contributed by atoms with Gasteiger partial charge in [0.1, 0.15) is 0 Å². The van der Waals surface area contributed by atoms with Crippen molar-refractivity contribution < 1.29 is 19.4 Å². The SMILES string of the molecule is COC(=O)c1cccc(N2CCC(O)CC2=O)c1. The minimum atomic E-state index is -0.558. The Labute approximate surface area is 105 Å². The van der Waals surface area contributed by atoms with Gasteiger partial charge in [0.15, 0.2) is 0 Å². The highest BCUT2D eigenvalue weighted by Gasteiger charge is 2.25. The summed E-state index contributed by atoms with van der Waals surface area (Å²) in [4.78, 5) is 24.8. The molecule has 0 aliphatic carbocycles. The molecule has 5 heteroatoms. The van der Waals surface area contributed by atoms with E-state index < -0.39 is 12.1 Å². The molecular formula is C13H15NO4. The zero-order valence-electron chi connectivity index (χ0n) is 10.1. The van der Waals surface area contributed by atoms with Crippen molar-refractivity contribution in [3.63, 3.8) is 0 Å². The average molecular weight is 249 g/mol. The maximum Gasteiger partial charge on any atom is 0.337 e. The molecule has 0 bridgehead atoms. The number of rotatable bonds is 2. The first kappa shape index (κ1) is 12.6. The molecule has 0 radical (unpaired) electrons. The summed E-state index contributed by atoms with van der Waals surface area (Å²) in [5.74, 6) is -0.558. The summed E-state index contributed by atoms with van der Waals surface area (Å²) in [6.45, 7) is 0.463. The molecule has 1 atom stereocenters. The van der Waals surface area contributed by atoms with Crippen LogP contribution in [0.3, 0.4) is 0 Å². The van der Waals surface area contributed by atoms with E-state index in [2.05, 4.69) is 4.74 Å². The summed E-state index contributed by atoms with van der Waals surface area (Å²) in [7, 11) is 1.32. The molecule has 1 saturated heterocycles. The van der Waals surface area contributed by atoms with E-state index in [0.717, 1.165) is 0 Å². The van der Waals surface area contributed by atoms with Gasteiger partial charge < -0.3 is 14.7 Å². The first-order chi connectivity index (χ1) is 8.61. The van der Waals surface area contributed by atoms with E-state index in [-0.39, 0.29) is 12.3 Å². The van der Waals surface area contributed by atoms with Crippen molar-refractivity contribution in [3.05, 3.63) is 29.8 Å². The highest BCUT2D eigenvalue weighted by atomic mass is 16.5. The molecule has 1 N–H and O–H groups in total. The van der Waals surface area contributed by atoms with Crippen molar-refractivity contribution in [2.24, 2.45) is 0 Å². The van der Waals surface area contributed by atoms with E-state index in [1.165, 1.54) is 7.11 Å². The maximum absolute atomic E-state index is 11.8. The van der Waals surface area contributed by atoms with Gasteiger partial charge in [0.05, 0.1) is 25.2 Å². The fourth-order valence-corrected chi connectivity index (χ4v) is 2.01. The molecule has 1 aromatic rings. The first-order valence-electron chi connectivity index (χ1n) is 5.78. The molecule has 1 amide bonds. The zero-order chi connectivity index (χ0) is 13.1. The number of esters is 1. The van der Waals surface area contributed by atoms with E-state index in [4.69, 9.17) is 0 Å². The molecular weight excluding hydrogens is 234 g/mol. The minimum Gasteiger partial charge on any atom is -0.465 e. The molecule has 96 valence electrons. The van der Waals surface area contributed by atoms with Crippen LogP contribution in [0.1, 0.15) is 23.2 Å². The Kier molecular flexibility index (Phi) is 3.62. The van der Waals surface area contributed by atoms with Crippen molar-refractivity contribution in [2.75, 3.05) is 18.6 Å². The molecule has 1 unspecified atom stereocenters. The summed E-state index contributed by atoms with van der Waals surface area (Å²) in [6.07, 6.45) is 0.119. The molecule has 0 aromatic heterocycles. The molecule has 1 fully saturated rings. The van der Waals surface area contributed by atoms with Crippen molar-refractivity contribution in [1.82, 2.24) is 0 Å². The van der Waals surface area contributed by atoms with Gasteiger partial charge in [0, 0.05) is 12.2 Å². The fourth-order valence-electron chi connectivity index (χ4n) is 2.01. The molecule has 1 heterocycles. The van der Waals surface area contributed by atoms with Crippen LogP contribution >= 0.6 is 0 Å². The van der Waals surface area contributed by atoms with E-state index in [0.29, 0.717) is 24.2 Å². The minimum absolute atomic E-state index is 0.127. The lowest BCUT2D eigenvalue weighted by Gasteiger charge is -2.29. The highest BCUT2D eigenvalue weighted by Crippen LogP contribution is 2.22. The molecule has 18 heavy (non-hydrogen) atoms. The summed E-state index contributed by atoms with van der Waals surface area (Å²) in [5, 5.41) is 9.40. The van der Waals surface area contributed by atoms with Gasteiger partial charge in [-0.2, -0.15) is 0 Å². The number of anilines is 1. The fraction of sp³-hybridized carbons (Fsp3) is 0.385. The van der Waals surface area contributed by atoms with Crippen LogP contribution in [0.5, 0.6) is 0 Å². The Bertz CT molecular complexity index is 472. The van der Waals surface area contributed by atoms with Crippen molar-refractivity contribution in [2.45, 2.75) is 18.9 Å². The summed E-state index contributed by atoms with van der Waals surface area (Å²) in [6, 6.07) is 6.74. The first-order valence-corrected chi connectivity index (χ1v) is 5.78. The Hall–Kier alpha value is -1.88. The Balaban J connectivity index is 2.23. The molecule has 1 aromatic carbocycles. The Morgan fingerprint density at radius 1 is 1.50 bits per heavy atom. The van der Waals surface area contributed by atoms with Gasteiger partial charge in [-0.1, -0.05) is 6.07 Å². The molecule has 1 aliphatic heterocycles. The van der Waals surface area contributed by atoms with Crippen LogP contribution in [-0.4, -0.2) is 36.7 Å². The zero-order valence-corrected chi connectivity index (χ0v) is 10.1. The average Bonchev–Trinajstić information content (AvgIpc) is 2.38. The molecule has 1 aliphatic rings. The number of carbonyl (C=O) groups excluding carboxylic acids is 2. The highest BCUT2D eigenvalue weighted by molar-refractivity contribution is 5.96. The van der Waals surface area contributed by atoms with Crippen LogP contribution < -0.4 is 4.90 Å². The maximum atomic E-state index is 11.8. The third-order valence-corrected chi connectivity index (χ3v) is 2.98. The van der Waals surface area contributed by atoms with Crippen LogP contribution in [-0.2, 0) is 9.53 Å². The Morgan fingerprint density at radius 2 is 2.28 bits per heavy atom. The number of hydrogen-bond donors (Lipinski definition) is 1. The smallest absolute Gasteiger partial charge is 0.337 e. The number of benzene rings is 1. The third kappa shape index (κ3) is 2.51. The summed E-state index contributed by atoms with van der Waals surface area (Å²) >= 11 is 0. The number of aliphatic hydroxyl groups excluding tert-OH is 1. The number of hydrogen-bond acceptors (Lipinski definition) is 4. The molecule has 0 spiro atoms. The monoisotopic (exact) mass is 249 g/mol. The van der Waals surface area contributed by atoms with Gasteiger partial charge in [-0.05, 0) is 24.6 Å². The second-order valence-electron chi connectivity index (χ2n) is 4.23. The van der Waals surface area contributed by atoms with Crippen molar-refractivity contribution in [1.29, 1.82) is 0 Å². The molecule has 0 saturated carbocycles. The van der Waals surface area contributed by atoms with E-state index >= 15 is 0 Å².